The molecule has 0 fully saturated rings. The SMILES string of the molecule is O=C(Nc1ccc(N2C(=O)c3ccccc3S2(=O)=O)cc1)c1ccccn1. The van der Waals surface area contributed by atoms with Gasteiger partial charge in [0.15, 0.2) is 0 Å². The van der Waals surface area contributed by atoms with Gasteiger partial charge in [-0.2, -0.15) is 4.31 Å². The zero-order chi connectivity index (χ0) is 19.0. The number of hydrogen-bond acceptors (Lipinski definition) is 5. The number of pyridine rings is 1. The Hall–Kier alpha value is -3.52. The van der Waals surface area contributed by atoms with Crippen LogP contribution in [-0.2, 0) is 10.0 Å². The minimum atomic E-state index is -3.94. The largest absolute Gasteiger partial charge is 0.321 e. The first-order valence-electron chi connectivity index (χ1n) is 7.99. The summed E-state index contributed by atoms with van der Waals surface area (Å²) in [6, 6.07) is 17.1. The van der Waals surface area contributed by atoms with Crippen LogP contribution in [0.4, 0.5) is 11.4 Å². The first-order chi connectivity index (χ1) is 13.0. The number of aromatic nitrogens is 1. The van der Waals surface area contributed by atoms with Gasteiger partial charge in [0.25, 0.3) is 21.8 Å². The number of nitrogens with zero attached hydrogens (tertiary/aromatic N) is 2. The van der Waals surface area contributed by atoms with Crippen molar-refractivity contribution in [3.8, 4) is 0 Å². The molecular formula is C19H13N3O4S. The lowest BCUT2D eigenvalue weighted by molar-refractivity contribution is 0.100. The second kappa shape index (κ2) is 6.33. The van der Waals surface area contributed by atoms with Gasteiger partial charge in [0, 0.05) is 11.9 Å². The summed E-state index contributed by atoms with van der Waals surface area (Å²) in [7, 11) is -3.94. The average Bonchev–Trinajstić information content (AvgIpc) is 2.89. The summed E-state index contributed by atoms with van der Waals surface area (Å²) in [6.45, 7) is 0. The molecule has 1 aromatic heterocycles. The molecule has 27 heavy (non-hydrogen) atoms. The summed E-state index contributed by atoms with van der Waals surface area (Å²) in [6.07, 6.45) is 1.51. The van der Waals surface area contributed by atoms with Gasteiger partial charge in [0.1, 0.15) is 10.6 Å². The summed E-state index contributed by atoms with van der Waals surface area (Å²) < 4.78 is 26.1. The summed E-state index contributed by atoms with van der Waals surface area (Å²) in [5.74, 6) is -0.989. The monoisotopic (exact) mass is 379 g/mol. The highest BCUT2D eigenvalue weighted by Gasteiger charge is 2.41. The van der Waals surface area contributed by atoms with Crippen LogP contribution < -0.4 is 9.62 Å². The smallest absolute Gasteiger partial charge is 0.274 e. The van der Waals surface area contributed by atoms with Crippen LogP contribution in [0, 0.1) is 0 Å². The molecule has 0 bridgehead atoms. The van der Waals surface area contributed by atoms with Gasteiger partial charge in [-0.05, 0) is 48.5 Å². The van der Waals surface area contributed by atoms with Gasteiger partial charge in [0.05, 0.1) is 11.3 Å². The van der Waals surface area contributed by atoms with Crippen molar-refractivity contribution < 1.29 is 18.0 Å². The molecule has 1 aliphatic heterocycles. The molecule has 0 atom stereocenters. The van der Waals surface area contributed by atoms with Gasteiger partial charge >= 0.3 is 0 Å². The molecule has 0 unspecified atom stereocenters. The quantitative estimate of drug-likeness (QED) is 0.755. The van der Waals surface area contributed by atoms with Crippen LogP contribution in [0.5, 0.6) is 0 Å². The Labute approximate surface area is 155 Å². The lowest BCUT2D eigenvalue weighted by Gasteiger charge is -2.15. The molecule has 1 N–H and O–H groups in total. The summed E-state index contributed by atoms with van der Waals surface area (Å²) in [5, 5.41) is 2.67. The Balaban J connectivity index is 1.60. The van der Waals surface area contributed by atoms with E-state index in [4.69, 9.17) is 0 Å². The normalized spacial score (nSPS) is 14.7. The third-order valence-corrected chi connectivity index (χ3v) is 5.85. The highest BCUT2D eigenvalue weighted by atomic mass is 32.2. The van der Waals surface area contributed by atoms with Crippen molar-refractivity contribution in [2.45, 2.75) is 4.90 Å². The van der Waals surface area contributed by atoms with Crippen molar-refractivity contribution in [3.63, 3.8) is 0 Å². The zero-order valence-corrected chi connectivity index (χ0v) is 14.7. The predicted octanol–water partition coefficient (Wildman–Crippen LogP) is 2.68. The maximum atomic E-state index is 12.7. The first-order valence-corrected chi connectivity index (χ1v) is 9.43. The van der Waals surface area contributed by atoms with Gasteiger partial charge in [-0.25, -0.2) is 8.42 Å². The third-order valence-electron chi connectivity index (χ3n) is 4.08. The molecule has 3 aromatic rings. The van der Waals surface area contributed by atoms with Crippen molar-refractivity contribution in [2.75, 3.05) is 9.62 Å². The van der Waals surface area contributed by atoms with E-state index in [0.29, 0.717) is 5.69 Å². The van der Waals surface area contributed by atoms with Crippen LogP contribution in [0.2, 0.25) is 0 Å². The summed E-state index contributed by atoms with van der Waals surface area (Å²) in [4.78, 5) is 28.6. The van der Waals surface area contributed by atoms with Gasteiger partial charge in [-0.3, -0.25) is 14.6 Å². The Bertz CT molecular complexity index is 1140. The minimum absolute atomic E-state index is 0.0115. The molecule has 0 saturated heterocycles. The van der Waals surface area contributed by atoms with E-state index < -0.39 is 15.9 Å². The molecular weight excluding hydrogens is 366 g/mol. The van der Waals surface area contributed by atoms with E-state index in [1.165, 1.54) is 42.6 Å². The van der Waals surface area contributed by atoms with Crippen molar-refractivity contribution >= 4 is 33.2 Å². The van der Waals surface area contributed by atoms with Gasteiger partial charge in [0.2, 0.25) is 0 Å². The van der Waals surface area contributed by atoms with Crippen LogP contribution >= 0.6 is 0 Å². The maximum absolute atomic E-state index is 12.7. The Kier molecular flexibility index (Phi) is 3.97. The predicted molar refractivity (Wildman–Crippen MR) is 99.1 cm³/mol. The second-order valence-electron chi connectivity index (χ2n) is 5.79. The zero-order valence-electron chi connectivity index (χ0n) is 13.9. The number of fused-ring (bicyclic) bond motifs is 1. The highest BCUT2D eigenvalue weighted by molar-refractivity contribution is 7.94. The van der Waals surface area contributed by atoms with Crippen LogP contribution in [0.1, 0.15) is 20.8 Å². The van der Waals surface area contributed by atoms with Crippen LogP contribution in [-0.4, -0.2) is 25.2 Å². The van der Waals surface area contributed by atoms with Gasteiger partial charge in [-0.15, -0.1) is 0 Å². The van der Waals surface area contributed by atoms with Crippen molar-refractivity contribution in [1.82, 2.24) is 4.98 Å². The number of amides is 2. The standard InChI is InChI=1S/C19H13N3O4S/c23-18(16-6-3-4-12-20-16)21-13-8-10-14(11-9-13)22-19(24)15-5-1-2-7-17(15)27(22,25)26/h1-12H,(H,21,23). The molecule has 2 heterocycles. The fourth-order valence-corrected chi connectivity index (χ4v) is 4.41. The number of hydrogen-bond donors (Lipinski definition) is 1. The molecule has 8 heteroatoms. The molecule has 2 aromatic carbocycles. The summed E-state index contributed by atoms with van der Waals surface area (Å²) >= 11 is 0. The fourth-order valence-electron chi connectivity index (χ4n) is 2.81. The van der Waals surface area contributed by atoms with E-state index in [1.807, 2.05) is 0 Å². The number of carbonyl (C=O) groups is 2. The number of carbonyl (C=O) groups excluding carboxylic acids is 2. The number of anilines is 2. The lowest BCUT2D eigenvalue weighted by Crippen LogP contribution is -2.29. The molecule has 134 valence electrons. The molecule has 7 nitrogen and oxygen atoms in total. The Morgan fingerprint density at radius 1 is 0.926 bits per heavy atom. The van der Waals surface area contributed by atoms with Crippen molar-refractivity contribution in [1.29, 1.82) is 0 Å². The van der Waals surface area contributed by atoms with Crippen LogP contribution in [0.15, 0.2) is 77.8 Å². The van der Waals surface area contributed by atoms with Crippen LogP contribution in [0.25, 0.3) is 0 Å². The number of rotatable bonds is 3. The highest BCUT2D eigenvalue weighted by Crippen LogP contribution is 2.34. The van der Waals surface area contributed by atoms with E-state index >= 15 is 0 Å². The van der Waals surface area contributed by atoms with E-state index in [0.717, 1.165) is 4.31 Å². The molecule has 0 radical (unpaired) electrons. The molecule has 0 aliphatic carbocycles. The van der Waals surface area contributed by atoms with Crippen LogP contribution in [0.3, 0.4) is 0 Å². The summed E-state index contributed by atoms with van der Waals surface area (Å²) in [5.41, 5.74) is 1.06. The van der Waals surface area contributed by atoms with E-state index in [1.54, 1.807) is 30.3 Å². The number of benzene rings is 2. The minimum Gasteiger partial charge on any atom is -0.321 e. The second-order valence-corrected chi connectivity index (χ2v) is 7.54. The number of sulfonamides is 1. The van der Waals surface area contributed by atoms with E-state index in [-0.39, 0.29) is 27.7 Å². The molecule has 0 saturated carbocycles. The first kappa shape index (κ1) is 16.9. The van der Waals surface area contributed by atoms with Crippen molar-refractivity contribution in [3.05, 3.63) is 84.2 Å². The average molecular weight is 379 g/mol. The molecule has 1 aliphatic rings. The third kappa shape index (κ3) is 2.85. The maximum Gasteiger partial charge on any atom is 0.274 e. The topological polar surface area (TPSA) is 96.4 Å². The van der Waals surface area contributed by atoms with E-state index in [9.17, 15) is 18.0 Å². The lowest BCUT2D eigenvalue weighted by atomic mass is 10.2. The molecule has 0 spiro atoms. The van der Waals surface area contributed by atoms with E-state index in [2.05, 4.69) is 10.3 Å². The van der Waals surface area contributed by atoms with Gasteiger partial charge in [-0.1, -0.05) is 18.2 Å². The molecule has 4 rings (SSSR count). The van der Waals surface area contributed by atoms with Gasteiger partial charge < -0.3 is 5.32 Å². The fraction of sp³-hybridized carbons (Fsp3) is 0. The van der Waals surface area contributed by atoms with Crippen molar-refractivity contribution in [2.24, 2.45) is 0 Å². The Morgan fingerprint density at radius 2 is 1.63 bits per heavy atom. The Morgan fingerprint density at radius 3 is 2.30 bits per heavy atom. The number of nitrogens with one attached hydrogen (secondary N) is 1. The molecule has 2 amide bonds.